The average Bonchev–Trinajstić information content (AvgIpc) is 2.92. The molecule has 0 atom stereocenters. The first-order valence-corrected chi connectivity index (χ1v) is 9.13. The van der Waals surface area contributed by atoms with Crippen molar-refractivity contribution in [1.29, 1.82) is 0 Å². The predicted octanol–water partition coefficient (Wildman–Crippen LogP) is 1.67. The van der Waals surface area contributed by atoms with Gasteiger partial charge in [0.05, 0.1) is 11.6 Å². The predicted molar refractivity (Wildman–Crippen MR) is 93.4 cm³/mol. The molecule has 126 valence electrons. The zero-order valence-corrected chi connectivity index (χ0v) is 14.4. The van der Waals surface area contributed by atoms with Crippen molar-refractivity contribution >= 4 is 32.7 Å². The molecule has 3 aromatic heterocycles. The number of aromatic nitrogens is 4. The van der Waals surface area contributed by atoms with Gasteiger partial charge in [-0.25, -0.2) is 23.4 Å². The number of aryl methyl sites for hydroxylation is 1. The smallest absolute Gasteiger partial charge is 0.233 e. The lowest BCUT2D eigenvalue weighted by molar-refractivity contribution is 0.599. The summed E-state index contributed by atoms with van der Waals surface area (Å²) in [6.07, 6.45) is 4.20. The molecule has 0 radical (unpaired) electrons. The van der Waals surface area contributed by atoms with Crippen LogP contribution in [0.2, 0.25) is 0 Å². The summed E-state index contributed by atoms with van der Waals surface area (Å²) in [7, 11) is -1.89. The normalized spacial score (nSPS) is 11.6. The SMILES string of the molecule is Cc1cc2c(NCc3cccnc3N(C)S(C)(=O)=O)ncnc2[nH]1. The number of aromatic amines is 1. The number of nitrogens with zero attached hydrogens (tertiary/aromatic N) is 4. The summed E-state index contributed by atoms with van der Waals surface area (Å²) in [6.45, 7) is 2.34. The second kappa shape index (κ2) is 6.08. The summed E-state index contributed by atoms with van der Waals surface area (Å²) in [5.41, 5.74) is 2.50. The molecule has 0 spiro atoms. The molecular formula is C15H18N6O2S. The number of sulfonamides is 1. The lowest BCUT2D eigenvalue weighted by Crippen LogP contribution is -2.27. The third kappa shape index (κ3) is 3.16. The summed E-state index contributed by atoms with van der Waals surface area (Å²) in [6, 6.07) is 5.56. The van der Waals surface area contributed by atoms with Crippen LogP contribution in [-0.4, -0.2) is 41.7 Å². The largest absolute Gasteiger partial charge is 0.365 e. The first-order valence-electron chi connectivity index (χ1n) is 7.28. The van der Waals surface area contributed by atoms with Crippen LogP contribution in [0.4, 0.5) is 11.6 Å². The van der Waals surface area contributed by atoms with Gasteiger partial charge in [-0.2, -0.15) is 0 Å². The Morgan fingerprint density at radius 2 is 2.08 bits per heavy atom. The third-order valence-electron chi connectivity index (χ3n) is 3.67. The average molecular weight is 346 g/mol. The number of hydrogen-bond acceptors (Lipinski definition) is 6. The van der Waals surface area contributed by atoms with Gasteiger partial charge in [0.25, 0.3) is 0 Å². The molecule has 8 nitrogen and oxygen atoms in total. The van der Waals surface area contributed by atoms with Crippen LogP contribution in [0, 0.1) is 6.92 Å². The van der Waals surface area contributed by atoms with Gasteiger partial charge >= 0.3 is 0 Å². The van der Waals surface area contributed by atoms with Crippen LogP contribution >= 0.6 is 0 Å². The zero-order valence-electron chi connectivity index (χ0n) is 13.6. The lowest BCUT2D eigenvalue weighted by atomic mass is 10.2. The van der Waals surface area contributed by atoms with Crippen molar-refractivity contribution in [2.45, 2.75) is 13.5 Å². The van der Waals surface area contributed by atoms with E-state index >= 15 is 0 Å². The molecule has 0 aliphatic carbocycles. The third-order valence-corrected chi connectivity index (χ3v) is 4.84. The monoisotopic (exact) mass is 346 g/mol. The molecule has 3 rings (SSSR count). The van der Waals surface area contributed by atoms with Crippen LogP contribution in [-0.2, 0) is 16.6 Å². The Balaban J connectivity index is 1.90. The number of rotatable bonds is 5. The van der Waals surface area contributed by atoms with E-state index in [-0.39, 0.29) is 0 Å². The first kappa shape index (κ1) is 16.2. The molecule has 0 bridgehead atoms. The van der Waals surface area contributed by atoms with Crippen LogP contribution in [0.1, 0.15) is 11.3 Å². The Hall–Kier alpha value is -2.68. The maximum Gasteiger partial charge on any atom is 0.233 e. The minimum absolute atomic E-state index is 0.388. The van der Waals surface area contributed by atoms with Crippen LogP contribution < -0.4 is 9.62 Å². The van der Waals surface area contributed by atoms with E-state index < -0.39 is 10.0 Å². The van der Waals surface area contributed by atoms with Gasteiger partial charge in [0.15, 0.2) is 0 Å². The molecule has 3 aromatic rings. The summed E-state index contributed by atoms with van der Waals surface area (Å²) in [5.74, 6) is 1.07. The number of anilines is 2. The van der Waals surface area contributed by atoms with E-state index in [0.29, 0.717) is 18.2 Å². The Kier molecular flexibility index (Phi) is 4.10. The summed E-state index contributed by atoms with van der Waals surface area (Å²) < 4.78 is 24.7. The molecule has 0 aliphatic heterocycles. The van der Waals surface area contributed by atoms with Gasteiger partial charge < -0.3 is 10.3 Å². The molecule has 0 aromatic carbocycles. The van der Waals surface area contributed by atoms with Gasteiger partial charge in [-0.3, -0.25) is 4.31 Å². The van der Waals surface area contributed by atoms with Crippen LogP contribution in [0.25, 0.3) is 11.0 Å². The summed E-state index contributed by atoms with van der Waals surface area (Å²) in [5, 5.41) is 4.12. The first-order chi connectivity index (χ1) is 11.4. The fourth-order valence-corrected chi connectivity index (χ4v) is 2.88. The molecule has 9 heteroatoms. The van der Waals surface area contributed by atoms with Crippen molar-refractivity contribution in [2.24, 2.45) is 0 Å². The minimum atomic E-state index is -3.38. The molecule has 0 fully saturated rings. The van der Waals surface area contributed by atoms with Crippen LogP contribution in [0.5, 0.6) is 0 Å². The van der Waals surface area contributed by atoms with E-state index in [0.717, 1.165) is 28.5 Å². The Bertz CT molecular complexity index is 983. The maximum atomic E-state index is 11.8. The van der Waals surface area contributed by atoms with E-state index in [1.165, 1.54) is 17.7 Å². The molecular weight excluding hydrogens is 328 g/mol. The molecule has 0 unspecified atom stereocenters. The number of hydrogen-bond donors (Lipinski definition) is 2. The van der Waals surface area contributed by atoms with E-state index in [4.69, 9.17) is 0 Å². The van der Waals surface area contributed by atoms with Gasteiger partial charge in [-0.15, -0.1) is 0 Å². The zero-order chi connectivity index (χ0) is 17.3. The van der Waals surface area contributed by atoms with E-state index in [9.17, 15) is 8.42 Å². The quantitative estimate of drug-likeness (QED) is 0.728. The highest BCUT2D eigenvalue weighted by Gasteiger charge is 2.17. The van der Waals surface area contributed by atoms with Crippen molar-refractivity contribution < 1.29 is 8.42 Å². The van der Waals surface area contributed by atoms with Crippen molar-refractivity contribution in [1.82, 2.24) is 19.9 Å². The van der Waals surface area contributed by atoms with Gasteiger partial charge in [-0.05, 0) is 19.1 Å². The fraction of sp³-hybridized carbons (Fsp3) is 0.267. The molecule has 0 saturated heterocycles. The Morgan fingerprint density at radius 3 is 2.83 bits per heavy atom. The van der Waals surface area contributed by atoms with Crippen LogP contribution in [0.3, 0.4) is 0 Å². The Labute approximate surface area is 140 Å². The molecule has 0 saturated carbocycles. The molecule has 0 aliphatic rings. The topological polar surface area (TPSA) is 104 Å². The maximum absolute atomic E-state index is 11.8. The highest BCUT2D eigenvalue weighted by atomic mass is 32.2. The highest BCUT2D eigenvalue weighted by Crippen LogP contribution is 2.23. The fourth-order valence-electron chi connectivity index (χ4n) is 2.40. The van der Waals surface area contributed by atoms with Gasteiger partial charge in [0.2, 0.25) is 10.0 Å². The number of nitrogens with one attached hydrogen (secondary N) is 2. The summed E-state index contributed by atoms with van der Waals surface area (Å²) in [4.78, 5) is 15.8. The van der Waals surface area contributed by atoms with E-state index in [2.05, 4.69) is 25.3 Å². The van der Waals surface area contributed by atoms with Crippen molar-refractivity contribution in [3.63, 3.8) is 0 Å². The van der Waals surface area contributed by atoms with Crippen molar-refractivity contribution in [2.75, 3.05) is 22.9 Å². The highest BCUT2D eigenvalue weighted by molar-refractivity contribution is 7.92. The van der Waals surface area contributed by atoms with Gasteiger partial charge in [0, 0.05) is 31.0 Å². The summed E-state index contributed by atoms with van der Waals surface area (Å²) >= 11 is 0. The number of fused-ring (bicyclic) bond motifs is 1. The van der Waals surface area contributed by atoms with Crippen LogP contribution in [0.15, 0.2) is 30.7 Å². The minimum Gasteiger partial charge on any atom is -0.365 e. The molecule has 2 N–H and O–H groups in total. The molecule has 0 amide bonds. The van der Waals surface area contributed by atoms with E-state index in [1.54, 1.807) is 12.3 Å². The lowest BCUT2D eigenvalue weighted by Gasteiger charge is -2.19. The second-order valence-electron chi connectivity index (χ2n) is 5.51. The molecule has 24 heavy (non-hydrogen) atoms. The standard InChI is InChI=1S/C15H18N6O2S/c1-10-7-12-13(18-9-19-14(12)20-10)17-8-11-5-4-6-16-15(11)21(2)24(3,22)23/h4-7,9H,8H2,1-3H3,(H2,17,18,19,20). The van der Waals surface area contributed by atoms with Crippen molar-refractivity contribution in [3.05, 3.63) is 42.0 Å². The van der Waals surface area contributed by atoms with Gasteiger partial charge in [0.1, 0.15) is 23.6 Å². The number of H-pyrrole nitrogens is 1. The van der Waals surface area contributed by atoms with Gasteiger partial charge in [-0.1, -0.05) is 6.07 Å². The van der Waals surface area contributed by atoms with E-state index in [1.807, 2.05) is 19.1 Å². The number of pyridine rings is 1. The van der Waals surface area contributed by atoms with Crippen molar-refractivity contribution in [3.8, 4) is 0 Å². The Morgan fingerprint density at radius 1 is 1.29 bits per heavy atom. The second-order valence-corrected chi connectivity index (χ2v) is 7.52. The molecule has 3 heterocycles.